The number of nitrogens with one attached hydrogen (secondary N) is 1. The van der Waals surface area contributed by atoms with Gasteiger partial charge in [-0.05, 0) is 37.0 Å². The van der Waals surface area contributed by atoms with E-state index in [0.717, 1.165) is 30.6 Å². The number of hydrogen-bond donors (Lipinski definition) is 1. The van der Waals surface area contributed by atoms with Crippen LogP contribution in [0.25, 0.3) is 0 Å². The Kier molecular flexibility index (Phi) is 3.19. The van der Waals surface area contributed by atoms with Crippen LogP contribution in [0, 0.1) is 0 Å². The second kappa shape index (κ2) is 4.85. The predicted molar refractivity (Wildman–Crippen MR) is 72.8 cm³/mol. The number of rotatable bonds is 4. The summed E-state index contributed by atoms with van der Waals surface area (Å²) in [7, 11) is 1.66. The zero-order valence-corrected chi connectivity index (χ0v) is 11.4. The molecule has 1 aromatic carbocycles. The molecule has 0 bridgehead atoms. The van der Waals surface area contributed by atoms with Crippen LogP contribution in [0.4, 0.5) is 0 Å². The molecular formula is C15H20N2O2. The molecular weight excluding hydrogens is 240 g/mol. The van der Waals surface area contributed by atoms with Gasteiger partial charge in [0.25, 0.3) is 0 Å². The Balaban J connectivity index is 1.86. The Morgan fingerprint density at radius 1 is 1.32 bits per heavy atom. The standard InChI is InChI=1S/C15H20N2O2/c1-3-13-15(18)17(11-6-7-11)14(16-13)10-4-8-12(19-2)9-5-10/h4-5,8-9,11,13-14,16H,3,6-7H2,1-2H3. The third-order valence-corrected chi connectivity index (χ3v) is 3.97. The zero-order chi connectivity index (χ0) is 13.4. The first-order valence-corrected chi connectivity index (χ1v) is 6.96. The van der Waals surface area contributed by atoms with Gasteiger partial charge >= 0.3 is 0 Å². The fraction of sp³-hybridized carbons (Fsp3) is 0.533. The molecule has 1 aromatic rings. The number of hydrogen-bond acceptors (Lipinski definition) is 3. The van der Waals surface area contributed by atoms with Crippen molar-refractivity contribution in [2.75, 3.05) is 7.11 Å². The van der Waals surface area contributed by atoms with Gasteiger partial charge in [-0.3, -0.25) is 10.1 Å². The molecule has 0 aromatic heterocycles. The van der Waals surface area contributed by atoms with Crippen molar-refractivity contribution >= 4 is 5.91 Å². The highest BCUT2D eigenvalue weighted by Crippen LogP contribution is 2.37. The average Bonchev–Trinajstić information content (AvgIpc) is 3.23. The summed E-state index contributed by atoms with van der Waals surface area (Å²) in [6.45, 7) is 2.05. The molecule has 0 spiro atoms. The van der Waals surface area contributed by atoms with Gasteiger partial charge in [-0.25, -0.2) is 0 Å². The second-order valence-corrected chi connectivity index (χ2v) is 5.28. The van der Waals surface area contributed by atoms with Gasteiger partial charge in [-0.15, -0.1) is 0 Å². The summed E-state index contributed by atoms with van der Waals surface area (Å²) in [5.41, 5.74) is 1.14. The maximum Gasteiger partial charge on any atom is 0.241 e. The maximum atomic E-state index is 12.4. The van der Waals surface area contributed by atoms with E-state index in [1.165, 1.54) is 0 Å². The van der Waals surface area contributed by atoms with E-state index in [2.05, 4.69) is 12.2 Å². The van der Waals surface area contributed by atoms with Crippen LogP contribution in [0.15, 0.2) is 24.3 Å². The van der Waals surface area contributed by atoms with Gasteiger partial charge in [0.15, 0.2) is 0 Å². The number of benzene rings is 1. The third kappa shape index (κ3) is 2.21. The summed E-state index contributed by atoms with van der Waals surface area (Å²) in [6, 6.07) is 8.38. The van der Waals surface area contributed by atoms with E-state index in [9.17, 15) is 4.79 Å². The Bertz CT molecular complexity index is 468. The summed E-state index contributed by atoms with van der Waals surface area (Å²) in [4.78, 5) is 14.4. The molecule has 0 radical (unpaired) electrons. The van der Waals surface area contributed by atoms with E-state index in [4.69, 9.17) is 4.74 Å². The lowest BCUT2D eigenvalue weighted by Gasteiger charge is -2.24. The van der Waals surface area contributed by atoms with E-state index in [0.29, 0.717) is 6.04 Å². The monoisotopic (exact) mass is 260 g/mol. The van der Waals surface area contributed by atoms with Crippen molar-refractivity contribution in [3.05, 3.63) is 29.8 Å². The van der Waals surface area contributed by atoms with Crippen molar-refractivity contribution in [3.63, 3.8) is 0 Å². The molecule has 1 saturated heterocycles. The number of carbonyl (C=O) groups is 1. The normalized spacial score (nSPS) is 26.8. The minimum absolute atomic E-state index is 0.0239. The minimum Gasteiger partial charge on any atom is -0.497 e. The molecule has 2 unspecified atom stereocenters. The van der Waals surface area contributed by atoms with E-state index < -0.39 is 0 Å². The second-order valence-electron chi connectivity index (χ2n) is 5.28. The van der Waals surface area contributed by atoms with Gasteiger partial charge in [0, 0.05) is 6.04 Å². The number of carbonyl (C=O) groups excluding carboxylic acids is 1. The molecule has 2 aliphatic rings. The van der Waals surface area contributed by atoms with Crippen molar-refractivity contribution < 1.29 is 9.53 Å². The molecule has 1 N–H and O–H groups in total. The molecule has 19 heavy (non-hydrogen) atoms. The van der Waals surface area contributed by atoms with Crippen molar-refractivity contribution in [2.24, 2.45) is 0 Å². The highest BCUT2D eigenvalue weighted by atomic mass is 16.5. The van der Waals surface area contributed by atoms with Gasteiger partial charge in [0.2, 0.25) is 5.91 Å². The van der Waals surface area contributed by atoms with Crippen LogP contribution < -0.4 is 10.1 Å². The summed E-state index contributed by atoms with van der Waals surface area (Å²) in [6.07, 6.45) is 3.14. The highest BCUT2D eigenvalue weighted by Gasteiger charge is 2.45. The van der Waals surface area contributed by atoms with Crippen LogP contribution >= 0.6 is 0 Å². The van der Waals surface area contributed by atoms with Crippen LogP contribution in [-0.4, -0.2) is 30.0 Å². The van der Waals surface area contributed by atoms with Gasteiger partial charge < -0.3 is 9.64 Å². The largest absolute Gasteiger partial charge is 0.497 e. The van der Waals surface area contributed by atoms with Gasteiger partial charge in [0.05, 0.1) is 13.2 Å². The van der Waals surface area contributed by atoms with Crippen molar-refractivity contribution in [2.45, 2.75) is 44.4 Å². The highest BCUT2D eigenvalue weighted by molar-refractivity contribution is 5.85. The number of ether oxygens (including phenoxy) is 1. The van der Waals surface area contributed by atoms with Crippen LogP contribution in [0.5, 0.6) is 5.75 Å². The van der Waals surface area contributed by atoms with E-state index in [1.54, 1.807) is 7.11 Å². The van der Waals surface area contributed by atoms with Gasteiger partial charge in [-0.1, -0.05) is 19.1 Å². The molecule has 1 aliphatic carbocycles. The molecule has 4 nitrogen and oxygen atoms in total. The summed E-state index contributed by atoms with van der Waals surface area (Å²) >= 11 is 0. The third-order valence-electron chi connectivity index (χ3n) is 3.97. The molecule has 1 amide bonds. The first-order valence-electron chi connectivity index (χ1n) is 6.96. The van der Waals surface area contributed by atoms with Crippen molar-refractivity contribution in [1.82, 2.24) is 10.2 Å². The summed E-state index contributed by atoms with van der Waals surface area (Å²) < 4.78 is 5.18. The first kappa shape index (κ1) is 12.5. The molecule has 102 valence electrons. The molecule has 1 saturated carbocycles. The van der Waals surface area contributed by atoms with Crippen LogP contribution in [0.2, 0.25) is 0 Å². The quantitative estimate of drug-likeness (QED) is 0.901. The fourth-order valence-electron chi connectivity index (χ4n) is 2.73. The first-order chi connectivity index (χ1) is 9.24. The smallest absolute Gasteiger partial charge is 0.241 e. The van der Waals surface area contributed by atoms with Crippen LogP contribution in [0.1, 0.15) is 37.9 Å². The molecule has 4 heteroatoms. The number of amides is 1. The van der Waals surface area contributed by atoms with E-state index in [-0.39, 0.29) is 18.1 Å². The van der Waals surface area contributed by atoms with Crippen LogP contribution in [-0.2, 0) is 4.79 Å². The lowest BCUT2D eigenvalue weighted by Crippen LogP contribution is -2.32. The average molecular weight is 260 g/mol. The maximum absolute atomic E-state index is 12.4. The molecule has 1 aliphatic heterocycles. The Morgan fingerprint density at radius 2 is 2.00 bits per heavy atom. The zero-order valence-electron chi connectivity index (χ0n) is 11.4. The van der Waals surface area contributed by atoms with E-state index >= 15 is 0 Å². The van der Waals surface area contributed by atoms with Crippen molar-refractivity contribution in [1.29, 1.82) is 0 Å². The Morgan fingerprint density at radius 3 is 2.53 bits per heavy atom. The topological polar surface area (TPSA) is 41.6 Å². The predicted octanol–water partition coefficient (Wildman–Crippen LogP) is 2.07. The van der Waals surface area contributed by atoms with Gasteiger partial charge in [0.1, 0.15) is 11.9 Å². The Labute approximate surface area is 113 Å². The lowest BCUT2D eigenvalue weighted by atomic mass is 10.1. The van der Waals surface area contributed by atoms with Crippen molar-refractivity contribution in [3.8, 4) is 5.75 Å². The summed E-state index contributed by atoms with van der Waals surface area (Å²) in [5.74, 6) is 1.10. The molecule has 3 rings (SSSR count). The minimum atomic E-state index is -0.0345. The Hall–Kier alpha value is -1.55. The SMILES string of the molecule is CCC1NC(c2ccc(OC)cc2)N(C2CC2)C1=O. The number of nitrogens with zero attached hydrogens (tertiary/aromatic N) is 1. The van der Waals surface area contributed by atoms with Crippen LogP contribution in [0.3, 0.4) is 0 Å². The van der Waals surface area contributed by atoms with E-state index in [1.807, 2.05) is 29.2 Å². The molecule has 2 fully saturated rings. The molecule has 1 heterocycles. The fourth-order valence-corrected chi connectivity index (χ4v) is 2.73. The summed E-state index contributed by atoms with van der Waals surface area (Å²) in [5, 5.41) is 3.45. The van der Waals surface area contributed by atoms with Gasteiger partial charge in [-0.2, -0.15) is 0 Å². The molecule has 2 atom stereocenters. The lowest BCUT2D eigenvalue weighted by molar-refractivity contribution is -0.130. The number of methoxy groups -OCH3 is 1.